The average Bonchev–Trinajstić information content (AvgIpc) is 3.44. The zero-order chi connectivity index (χ0) is 19.6. The van der Waals surface area contributed by atoms with Crippen LogP contribution in [0.2, 0.25) is 0 Å². The number of piperazine rings is 1. The molecule has 6 heteroatoms. The molecule has 0 aliphatic carbocycles. The number of carbonyl (C=O) groups excluding carboxylic acids is 1. The maximum absolute atomic E-state index is 12.9. The molecule has 0 bridgehead atoms. The van der Waals surface area contributed by atoms with Crippen LogP contribution in [-0.2, 0) is 13.0 Å². The van der Waals surface area contributed by atoms with Crippen LogP contribution in [0.4, 0.5) is 0 Å². The number of fused-ring (bicyclic) bond motifs is 1. The van der Waals surface area contributed by atoms with Crippen LogP contribution in [0.5, 0.6) is 5.75 Å². The normalized spacial score (nSPS) is 16.5. The Morgan fingerprint density at radius 3 is 2.69 bits per heavy atom. The molecule has 6 nitrogen and oxygen atoms in total. The van der Waals surface area contributed by atoms with E-state index in [1.165, 1.54) is 11.1 Å². The fourth-order valence-corrected chi connectivity index (χ4v) is 4.06. The van der Waals surface area contributed by atoms with Gasteiger partial charge in [0.2, 0.25) is 0 Å². The Kier molecular flexibility index (Phi) is 4.77. The summed E-state index contributed by atoms with van der Waals surface area (Å²) in [5.41, 5.74) is 4.98. The summed E-state index contributed by atoms with van der Waals surface area (Å²) in [6.45, 7) is 4.91. The molecule has 3 aromatic rings. The number of nitrogens with zero attached hydrogens (tertiary/aromatic N) is 3. The van der Waals surface area contributed by atoms with Crippen LogP contribution >= 0.6 is 0 Å². The van der Waals surface area contributed by atoms with E-state index in [9.17, 15) is 4.79 Å². The van der Waals surface area contributed by atoms with Crippen molar-refractivity contribution in [3.63, 3.8) is 0 Å². The molecule has 1 fully saturated rings. The molecule has 0 atom stereocenters. The van der Waals surface area contributed by atoms with Gasteiger partial charge in [-0.3, -0.25) is 14.8 Å². The molecule has 1 N–H and O–H groups in total. The third-order valence-electron chi connectivity index (χ3n) is 5.70. The van der Waals surface area contributed by atoms with Crippen molar-refractivity contribution in [2.24, 2.45) is 0 Å². The first-order valence-corrected chi connectivity index (χ1v) is 10.1. The van der Waals surface area contributed by atoms with E-state index in [0.717, 1.165) is 62.8 Å². The molecule has 0 unspecified atom stereocenters. The Labute approximate surface area is 170 Å². The van der Waals surface area contributed by atoms with Gasteiger partial charge in [-0.25, -0.2) is 0 Å². The van der Waals surface area contributed by atoms with Crippen LogP contribution in [0, 0.1) is 0 Å². The van der Waals surface area contributed by atoms with Crippen LogP contribution in [0.25, 0.3) is 11.3 Å². The maximum Gasteiger partial charge on any atom is 0.271 e. The van der Waals surface area contributed by atoms with Gasteiger partial charge in [0.15, 0.2) is 0 Å². The first-order valence-electron chi connectivity index (χ1n) is 10.1. The minimum Gasteiger partial charge on any atom is -0.493 e. The molecule has 29 heavy (non-hydrogen) atoms. The predicted octanol–water partition coefficient (Wildman–Crippen LogP) is 2.97. The van der Waals surface area contributed by atoms with Gasteiger partial charge in [0.25, 0.3) is 5.91 Å². The molecule has 1 aromatic heterocycles. The van der Waals surface area contributed by atoms with Gasteiger partial charge in [-0.1, -0.05) is 42.5 Å². The zero-order valence-electron chi connectivity index (χ0n) is 16.3. The molecule has 2 aliphatic heterocycles. The second kappa shape index (κ2) is 7.72. The Hall–Kier alpha value is -3.12. The topological polar surface area (TPSA) is 61.5 Å². The smallest absolute Gasteiger partial charge is 0.271 e. The first-order chi connectivity index (χ1) is 14.3. The standard InChI is InChI=1S/C23H24N4O2/c28-23(21-15-20(24-25-21)18-4-2-1-3-5-18)27-11-9-26(10-12-27)16-17-6-7-22-19(14-17)8-13-29-22/h1-7,14-15H,8-13,16H2,(H,24,25). The van der Waals surface area contributed by atoms with E-state index in [1.807, 2.05) is 41.3 Å². The number of amides is 1. The molecule has 5 rings (SSSR count). The van der Waals surface area contributed by atoms with E-state index in [0.29, 0.717) is 5.69 Å². The lowest BCUT2D eigenvalue weighted by molar-refractivity contribution is 0.0622. The number of hydrogen-bond acceptors (Lipinski definition) is 4. The monoisotopic (exact) mass is 388 g/mol. The molecule has 0 radical (unpaired) electrons. The Morgan fingerprint density at radius 1 is 1.03 bits per heavy atom. The Morgan fingerprint density at radius 2 is 1.86 bits per heavy atom. The minimum atomic E-state index is 0.0222. The van der Waals surface area contributed by atoms with Crippen molar-refractivity contribution in [3.05, 3.63) is 71.4 Å². The summed E-state index contributed by atoms with van der Waals surface area (Å²) < 4.78 is 5.59. The minimum absolute atomic E-state index is 0.0222. The van der Waals surface area contributed by atoms with Crippen LogP contribution in [0.3, 0.4) is 0 Å². The van der Waals surface area contributed by atoms with Crippen molar-refractivity contribution >= 4 is 5.91 Å². The molecular weight excluding hydrogens is 364 g/mol. The summed E-state index contributed by atoms with van der Waals surface area (Å²) in [6, 6.07) is 18.2. The number of aromatic amines is 1. The molecular formula is C23H24N4O2. The summed E-state index contributed by atoms with van der Waals surface area (Å²) in [5.74, 6) is 1.05. The zero-order valence-corrected chi connectivity index (χ0v) is 16.3. The predicted molar refractivity (Wildman–Crippen MR) is 111 cm³/mol. The van der Waals surface area contributed by atoms with Crippen LogP contribution in [0.1, 0.15) is 21.6 Å². The second-order valence-corrected chi connectivity index (χ2v) is 7.64. The number of aromatic nitrogens is 2. The lowest BCUT2D eigenvalue weighted by Crippen LogP contribution is -2.48. The summed E-state index contributed by atoms with van der Waals surface area (Å²) in [6.07, 6.45) is 1.00. The van der Waals surface area contributed by atoms with Gasteiger partial charge < -0.3 is 9.64 Å². The number of carbonyl (C=O) groups is 1. The third kappa shape index (κ3) is 3.76. The van der Waals surface area contributed by atoms with Crippen molar-refractivity contribution in [1.82, 2.24) is 20.0 Å². The van der Waals surface area contributed by atoms with Gasteiger partial charge in [0.05, 0.1) is 12.3 Å². The maximum atomic E-state index is 12.9. The summed E-state index contributed by atoms with van der Waals surface area (Å²) in [7, 11) is 0. The Bertz CT molecular complexity index is 1010. The van der Waals surface area contributed by atoms with Crippen molar-refractivity contribution in [1.29, 1.82) is 0 Å². The van der Waals surface area contributed by atoms with Crippen LogP contribution in [-0.4, -0.2) is 58.7 Å². The van der Waals surface area contributed by atoms with Gasteiger partial charge >= 0.3 is 0 Å². The number of H-pyrrole nitrogens is 1. The largest absolute Gasteiger partial charge is 0.493 e. The van der Waals surface area contributed by atoms with Gasteiger partial charge in [-0.05, 0) is 23.3 Å². The van der Waals surface area contributed by atoms with Crippen molar-refractivity contribution in [3.8, 4) is 17.0 Å². The van der Waals surface area contributed by atoms with Gasteiger partial charge in [0.1, 0.15) is 11.4 Å². The highest BCUT2D eigenvalue weighted by Gasteiger charge is 2.24. The number of rotatable bonds is 4. The lowest BCUT2D eigenvalue weighted by atomic mass is 10.1. The highest BCUT2D eigenvalue weighted by Crippen LogP contribution is 2.26. The summed E-state index contributed by atoms with van der Waals surface area (Å²) >= 11 is 0. The molecule has 3 heterocycles. The van der Waals surface area contributed by atoms with E-state index in [4.69, 9.17) is 4.74 Å². The molecule has 0 saturated carbocycles. The highest BCUT2D eigenvalue weighted by atomic mass is 16.5. The summed E-state index contributed by atoms with van der Waals surface area (Å²) in [5, 5.41) is 7.22. The number of benzene rings is 2. The SMILES string of the molecule is O=C(c1cc(-c2ccccc2)n[nH]1)N1CCN(Cc2ccc3c(c2)CCO3)CC1. The van der Waals surface area contributed by atoms with E-state index in [1.54, 1.807) is 0 Å². The van der Waals surface area contributed by atoms with Crippen LogP contribution in [0.15, 0.2) is 54.6 Å². The van der Waals surface area contributed by atoms with Crippen molar-refractivity contribution < 1.29 is 9.53 Å². The molecule has 2 aliphatic rings. The lowest BCUT2D eigenvalue weighted by Gasteiger charge is -2.34. The van der Waals surface area contributed by atoms with E-state index < -0.39 is 0 Å². The van der Waals surface area contributed by atoms with Crippen molar-refractivity contribution in [2.75, 3.05) is 32.8 Å². The number of hydrogen-bond donors (Lipinski definition) is 1. The van der Waals surface area contributed by atoms with Gasteiger partial charge in [-0.2, -0.15) is 5.10 Å². The van der Waals surface area contributed by atoms with Crippen LogP contribution < -0.4 is 4.74 Å². The molecule has 1 saturated heterocycles. The molecule has 2 aromatic carbocycles. The fourth-order valence-electron chi connectivity index (χ4n) is 4.06. The Balaban J connectivity index is 1.18. The average molecular weight is 388 g/mol. The fraction of sp³-hybridized carbons (Fsp3) is 0.304. The highest BCUT2D eigenvalue weighted by molar-refractivity contribution is 5.93. The van der Waals surface area contributed by atoms with Gasteiger partial charge in [0, 0.05) is 44.7 Å². The van der Waals surface area contributed by atoms with E-state index in [2.05, 4.69) is 33.3 Å². The number of ether oxygens (including phenoxy) is 1. The molecule has 148 valence electrons. The summed E-state index contributed by atoms with van der Waals surface area (Å²) in [4.78, 5) is 17.2. The van der Waals surface area contributed by atoms with E-state index in [-0.39, 0.29) is 5.91 Å². The van der Waals surface area contributed by atoms with Crippen molar-refractivity contribution in [2.45, 2.75) is 13.0 Å². The second-order valence-electron chi connectivity index (χ2n) is 7.64. The van der Waals surface area contributed by atoms with Gasteiger partial charge in [-0.15, -0.1) is 0 Å². The number of nitrogens with one attached hydrogen (secondary N) is 1. The quantitative estimate of drug-likeness (QED) is 0.747. The van der Waals surface area contributed by atoms with E-state index >= 15 is 0 Å². The molecule has 0 spiro atoms. The molecule has 1 amide bonds. The first kappa shape index (κ1) is 17.9. The third-order valence-corrected chi connectivity index (χ3v) is 5.70.